The van der Waals surface area contributed by atoms with Gasteiger partial charge in [0, 0.05) is 31.3 Å². The lowest BCUT2D eigenvalue weighted by Gasteiger charge is -2.16. The van der Waals surface area contributed by atoms with Crippen LogP contribution in [-0.2, 0) is 28.3 Å². The number of aliphatic carboxylic acids is 1. The molecule has 274 valence electrons. The molecule has 0 radical (unpaired) electrons. The molecule has 1 fully saturated rings. The van der Waals surface area contributed by atoms with Gasteiger partial charge < -0.3 is 15.7 Å². The first kappa shape index (κ1) is 36.6. The van der Waals surface area contributed by atoms with Gasteiger partial charge in [-0.25, -0.2) is 31.4 Å². The maximum absolute atomic E-state index is 15.1. The molecule has 2 heterocycles. The minimum atomic E-state index is -4.38. The van der Waals surface area contributed by atoms with Crippen LogP contribution in [0.3, 0.4) is 0 Å². The normalized spacial score (nSPS) is 13.8. The van der Waals surface area contributed by atoms with Crippen LogP contribution in [0.5, 0.6) is 0 Å². The van der Waals surface area contributed by atoms with E-state index in [0.29, 0.717) is 23.2 Å². The number of aromatic nitrogens is 3. The summed E-state index contributed by atoms with van der Waals surface area (Å²) in [5, 5.41) is 15.0. The van der Waals surface area contributed by atoms with Crippen LogP contribution in [-0.4, -0.2) is 57.5 Å². The lowest BCUT2D eigenvalue weighted by atomic mass is 10.0. The fraction of sp³-hybridized carbons (Fsp3) is 0.222. The van der Waals surface area contributed by atoms with E-state index in [4.69, 9.17) is 0 Å². The molecule has 2 amide bonds. The first-order valence-electron chi connectivity index (χ1n) is 16.3. The smallest absolute Gasteiger partial charge is 0.335 e. The van der Waals surface area contributed by atoms with Crippen molar-refractivity contribution in [3.05, 3.63) is 128 Å². The SMILES string of the molecule is Cn1c(=O)n(-c2ccc(C[C@H](NC(=O)c3c(F)cc(NS(=O)(=O)c4ccc(C(=O)NC5CCCC5)cc4)cc3F)C(=O)O)cc2)c(=O)c2ccncc21. The summed E-state index contributed by atoms with van der Waals surface area (Å²) in [5.74, 6) is -6.22. The quantitative estimate of drug-likeness (QED) is 0.157. The summed E-state index contributed by atoms with van der Waals surface area (Å²) in [6, 6.07) is 11.7. The number of sulfonamides is 1. The van der Waals surface area contributed by atoms with Gasteiger partial charge in [-0.3, -0.25) is 28.7 Å². The average Bonchev–Trinajstić information content (AvgIpc) is 3.64. The van der Waals surface area contributed by atoms with Crippen LogP contribution in [0.25, 0.3) is 16.6 Å². The van der Waals surface area contributed by atoms with Crippen LogP contribution < -0.4 is 26.6 Å². The first-order valence-corrected chi connectivity index (χ1v) is 17.8. The van der Waals surface area contributed by atoms with Crippen LogP contribution in [0, 0.1) is 11.6 Å². The van der Waals surface area contributed by atoms with E-state index < -0.39 is 62.1 Å². The van der Waals surface area contributed by atoms with Gasteiger partial charge in [0.05, 0.1) is 33.4 Å². The highest BCUT2D eigenvalue weighted by molar-refractivity contribution is 7.92. The average molecular weight is 747 g/mol. The zero-order chi connectivity index (χ0) is 38.0. The summed E-state index contributed by atoms with van der Waals surface area (Å²) in [6.45, 7) is 0. The number of carbonyl (C=O) groups is 3. The molecule has 53 heavy (non-hydrogen) atoms. The number of nitrogens with zero attached hydrogens (tertiary/aromatic N) is 3. The van der Waals surface area contributed by atoms with Crippen molar-refractivity contribution in [3.63, 3.8) is 0 Å². The Morgan fingerprint density at radius 3 is 2.21 bits per heavy atom. The minimum Gasteiger partial charge on any atom is -0.480 e. The van der Waals surface area contributed by atoms with E-state index in [1.807, 2.05) is 4.72 Å². The Kier molecular flexibility index (Phi) is 10.2. The molecule has 3 aromatic carbocycles. The third-order valence-electron chi connectivity index (χ3n) is 8.95. The summed E-state index contributed by atoms with van der Waals surface area (Å²) in [5.41, 5.74) is -1.83. The molecular formula is C36H32F2N6O8S. The van der Waals surface area contributed by atoms with Crippen molar-refractivity contribution in [3.8, 4) is 5.69 Å². The molecule has 17 heteroatoms. The lowest BCUT2D eigenvalue weighted by Crippen LogP contribution is -2.43. The van der Waals surface area contributed by atoms with E-state index in [1.54, 1.807) is 0 Å². The molecule has 2 aromatic heterocycles. The highest BCUT2D eigenvalue weighted by Gasteiger charge is 2.27. The van der Waals surface area contributed by atoms with Gasteiger partial charge in [0.1, 0.15) is 23.2 Å². The van der Waals surface area contributed by atoms with Crippen molar-refractivity contribution in [2.45, 2.75) is 49.1 Å². The number of nitrogens with one attached hydrogen (secondary N) is 3. The number of carboxylic acid groups (broad SMARTS) is 1. The van der Waals surface area contributed by atoms with E-state index in [9.17, 15) is 37.5 Å². The number of hydrogen-bond donors (Lipinski definition) is 4. The maximum Gasteiger partial charge on any atom is 0.335 e. The number of anilines is 1. The molecule has 1 aliphatic carbocycles. The lowest BCUT2D eigenvalue weighted by molar-refractivity contribution is -0.139. The standard InChI is InChI=1S/C36H32F2N6O8S/c1-43-30-19-39-15-14-26(30)34(47)44(36(43)50)24-10-6-20(7-11-24)16-29(35(48)49)41-33(46)31-27(37)17-23(18-28(31)38)42-53(51,52)25-12-8-21(9-13-25)32(45)40-22-4-2-3-5-22/h6-15,17-19,22,29,42H,2-5,16H2,1H3,(H,40,45)(H,41,46)(H,48,49)/t29-/m0/s1. The topological polar surface area (TPSA) is 199 Å². The van der Waals surface area contributed by atoms with Gasteiger partial charge in [0.15, 0.2) is 0 Å². The van der Waals surface area contributed by atoms with Crippen molar-refractivity contribution in [2.24, 2.45) is 7.05 Å². The number of rotatable bonds is 11. The van der Waals surface area contributed by atoms with Crippen molar-refractivity contribution >= 4 is 44.4 Å². The predicted molar refractivity (Wildman–Crippen MR) is 189 cm³/mol. The van der Waals surface area contributed by atoms with Crippen molar-refractivity contribution in [1.29, 1.82) is 0 Å². The van der Waals surface area contributed by atoms with Crippen LogP contribution >= 0.6 is 0 Å². The zero-order valence-corrected chi connectivity index (χ0v) is 28.8. The molecule has 5 aromatic rings. The van der Waals surface area contributed by atoms with Crippen LogP contribution in [0.2, 0.25) is 0 Å². The minimum absolute atomic E-state index is 0.0589. The van der Waals surface area contributed by atoms with Crippen LogP contribution in [0.15, 0.2) is 93.6 Å². The Morgan fingerprint density at radius 1 is 0.943 bits per heavy atom. The van der Waals surface area contributed by atoms with Gasteiger partial charge in [-0.2, -0.15) is 0 Å². The van der Waals surface area contributed by atoms with Crippen molar-refractivity contribution in [2.75, 3.05) is 4.72 Å². The van der Waals surface area contributed by atoms with E-state index in [1.165, 1.54) is 78.6 Å². The maximum atomic E-state index is 15.1. The zero-order valence-electron chi connectivity index (χ0n) is 28.0. The van der Waals surface area contributed by atoms with Crippen molar-refractivity contribution < 1.29 is 36.7 Å². The third-order valence-corrected chi connectivity index (χ3v) is 10.3. The molecule has 4 N–H and O–H groups in total. The number of fused-ring (bicyclic) bond motifs is 1. The Hall–Kier alpha value is -6.23. The van der Waals surface area contributed by atoms with E-state index >= 15 is 8.78 Å². The Labute approximate surface area is 300 Å². The van der Waals surface area contributed by atoms with Gasteiger partial charge in [0.25, 0.3) is 27.4 Å². The van der Waals surface area contributed by atoms with Crippen molar-refractivity contribution in [1.82, 2.24) is 24.8 Å². The number of halogens is 2. The summed E-state index contributed by atoms with van der Waals surface area (Å²) in [6.07, 6.45) is 6.23. The summed E-state index contributed by atoms with van der Waals surface area (Å²) < 4.78 is 60.4. The number of amides is 2. The Bertz CT molecular complexity index is 2460. The van der Waals surface area contributed by atoms with E-state index in [-0.39, 0.29) is 39.9 Å². The summed E-state index contributed by atoms with van der Waals surface area (Å²) in [4.78, 5) is 67.2. The van der Waals surface area contributed by atoms with E-state index in [2.05, 4.69) is 15.6 Å². The molecule has 1 saturated carbocycles. The second kappa shape index (κ2) is 14.8. The molecule has 0 aliphatic heterocycles. The molecule has 6 rings (SSSR count). The number of aryl methyl sites for hydroxylation is 1. The molecular weight excluding hydrogens is 714 g/mol. The second-order valence-corrected chi connectivity index (χ2v) is 14.2. The number of hydrogen-bond acceptors (Lipinski definition) is 8. The molecule has 0 saturated heterocycles. The van der Waals surface area contributed by atoms with Gasteiger partial charge in [-0.15, -0.1) is 0 Å². The molecule has 0 bridgehead atoms. The fourth-order valence-corrected chi connectivity index (χ4v) is 7.20. The highest BCUT2D eigenvalue weighted by atomic mass is 32.2. The van der Waals surface area contributed by atoms with E-state index in [0.717, 1.165) is 30.3 Å². The number of pyridine rings is 1. The fourth-order valence-electron chi connectivity index (χ4n) is 6.16. The second-order valence-electron chi connectivity index (χ2n) is 12.5. The van der Waals surface area contributed by atoms with Gasteiger partial charge >= 0.3 is 11.7 Å². The molecule has 0 unspecified atom stereocenters. The number of carbonyl (C=O) groups excluding carboxylic acids is 2. The van der Waals surface area contributed by atoms with Crippen LogP contribution in [0.1, 0.15) is 52.0 Å². The molecule has 1 atom stereocenters. The first-order chi connectivity index (χ1) is 25.2. The molecule has 1 aliphatic rings. The monoisotopic (exact) mass is 746 g/mol. The predicted octanol–water partition coefficient (Wildman–Crippen LogP) is 3.26. The van der Waals surface area contributed by atoms with Gasteiger partial charge in [-0.1, -0.05) is 25.0 Å². The number of benzene rings is 3. The molecule has 0 spiro atoms. The summed E-state index contributed by atoms with van der Waals surface area (Å²) >= 11 is 0. The largest absolute Gasteiger partial charge is 0.480 e. The van der Waals surface area contributed by atoms with Gasteiger partial charge in [-0.05, 0) is 73.0 Å². The van der Waals surface area contributed by atoms with Gasteiger partial charge in [0.2, 0.25) is 0 Å². The summed E-state index contributed by atoms with van der Waals surface area (Å²) in [7, 11) is -2.90. The third kappa shape index (κ3) is 7.69. The Balaban J connectivity index is 1.14. The Morgan fingerprint density at radius 2 is 1.58 bits per heavy atom. The van der Waals surface area contributed by atoms with Crippen LogP contribution in [0.4, 0.5) is 14.5 Å². The highest BCUT2D eigenvalue weighted by Crippen LogP contribution is 2.23. The number of carboxylic acids is 1. The molecule has 14 nitrogen and oxygen atoms in total.